The fourth-order valence-corrected chi connectivity index (χ4v) is 7.64. The molecule has 4 heterocycles. The minimum absolute atomic E-state index is 0.0121. The van der Waals surface area contributed by atoms with E-state index in [1.165, 1.54) is 0 Å². The molecule has 9 heteroatoms. The van der Waals surface area contributed by atoms with Crippen molar-refractivity contribution in [3.05, 3.63) is 36.5 Å². The van der Waals surface area contributed by atoms with Crippen LogP contribution in [0.5, 0.6) is 0 Å². The lowest BCUT2D eigenvalue weighted by Crippen LogP contribution is -2.61. The summed E-state index contributed by atoms with van der Waals surface area (Å²) in [5, 5.41) is 23.0. The molecule has 48 heavy (non-hydrogen) atoms. The van der Waals surface area contributed by atoms with Crippen molar-refractivity contribution in [3.63, 3.8) is 0 Å². The lowest BCUT2D eigenvalue weighted by atomic mass is 9.75. The highest BCUT2D eigenvalue weighted by Gasteiger charge is 2.55. The molecular formula is C39H62O9. The average molecular weight is 675 g/mol. The summed E-state index contributed by atoms with van der Waals surface area (Å²) in [5.74, 6) is -2.62. The van der Waals surface area contributed by atoms with Gasteiger partial charge >= 0.3 is 11.9 Å². The molecule has 272 valence electrons. The molecule has 0 aromatic rings. The second kappa shape index (κ2) is 17.8. The van der Waals surface area contributed by atoms with Crippen molar-refractivity contribution in [2.24, 2.45) is 5.41 Å². The van der Waals surface area contributed by atoms with Gasteiger partial charge in [-0.25, -0.2) is 0 Å². The zero-order chi connectivity index (χ0) is 34.9. The lowest BCUT2D eigenvalue weighted by Gasteiger charge is -2.50. The third-order valence-corrected chi connectivity index (χ3v) is 10.5. The van der Waals surface area contributed by atoms with Crippen LogP contribution in [0, 0.1) is 5.41 Å². The number of rotatable bonds is 8. The Morgan fingerprint density at radius 1 is 0.958 bits per heavy atom. The number of carbonyl (C=O) groups is 2. The summed E-state index contributed by atoms with van der Waals surface area (Å²) < 4.78 is 31.3. The highest BCUT2D eigenvalue weighted by Crippen LogP contribution is 2.45. The van der Waals surface area contributed by atoms with Gasteiger partial charge in [-0.3, -0.25) is 9.59 Å². The Balaban J connectivity index is 1.58. The molecule has 0 unspecified atom stereocenters. The van der Waals surface area contributed by atoms with Gasteiger partial charge in [-0.2, -0.15) is 0 Å². The van der Waals surface area contributed by atoms with Crippen LogP contribution in [0.4, 0.5) is 0 Å². The second-order valence-corrected chi connectivity index (χ2v) is 15.4. The van der Waals surface area contributed by atoms with Crippen LogP contribution >= 0.6 is 0 Å². The van der Waals surface area contributed by atoms with Crippen LogP contribution in [0.15, 0.2) is 36.5 Å². The molecule has 0 aromatic heterocycles. The van der Waals surface area contributed by atoms with Crippen LogP contribution < -0.4 is 0 Å². The van der Waals surface area contributed by atoms with Crippen LogP contribution in [0.25, 0.3) is 0 Å². The first-order chi connectivity index (χ1) is 22.8. The standard InChI is InChI=1S/C39H62O9/c1-7-8-9-10-11-14-37(42)47-35-17-16-31-25-34(28(4)40)46-36(41)15-12-13-29-20-26(2)22-32(44-29)24-33-23-27(3)21-30(45-33)18-19-38(5,6)39(35,43)48-31/h18-19,28-35,40,43H,2-3,7-17,20-25H2,1,4-6H3/b19-18+/t28-,29-,30+,31+,32-,33+,34-,35-,39-/m1/s1. The van der Waals surface area contributed by atoms with E-state index < -0.39 is 35.6 Å². The summed E-state index contributed by atoms with van der Waals surface area (Å²) in [4.78, 5) is 26.0. The molecule has 4 aliphatic heterocycles. The largest absolute Gasteiger partial charge is 0.460 e. The van der Waals surface area contributed by atoms with Crippen LogP contribution in [-0.2, 0) is 33.3 Å². The molecule has 0 amide bonds. The molecule has 2 N–H and O–H groups in total. The minimum Gasteiger partial charge on any atom is -0.460 e. The summed E-state index contributed by atoms with van der Waals surface area (Å²) in [6.45, 7) is 16.1. The van der Waals surface area contributed by atoms with Crippen molar-refractivity contribution in [1.29, 1.82) is 0 Å². The lowest BCUT2D eigenvalue weighted by molar-refractivity contribution is -0.341. The Bertz CT molecular complexity index is 1130. The first-order valence-corrected chi connectivity index (χ1v) is 18.6. The third kappa shape index (κ3) is 11.0. The fraction of sp³-hybridized carbons (Fsp3) is 0.795. The molecule has 0 aromatic carbocycles. The van der Waals surface area contributed by atoms with E-state index in [1.54, 1.807) is 6.92 Å². The molecule has 9 nitrogen and oxygen atoms in total. The highest BCUT2D eigenvalue weighted by atomic mass is 16.7. The van der Waals surface area contributed by atoms with Crippen molar-refractivity contribution in [1.82, 2.24) is 0 Å². The molecule has 0 aliphatic carbocycles. The van der Waals surface area contributed by atoms with E-state index in [0.717, 1.165) is 62.5 Å². The molecule has 0 spiro atoms. The number of esters is 2. The van der Waals surface area contributed by atoms with Gasteiger partial charge in [0.15, 0.2) is 6.10 Å². The third-order valence-electron chi connectivity index (χ3n) is 10.5. The molecule has 0 saturated carbocycles. The first kappa shape index (κ1) is 38.8. The number of aliphatic hydroxyl groups excluding tert-OH is 1. The number of unbranched alkanes of at least 4 members (excludes halogenated alkanes) is 4. The van der Waals surface area contributed by atoms with E-state index in [1.807, 2.05) is 26.0 Å². The van der Waals surface area contributed by atoms with Crippen molar-refractivity contribution >= 4 is 11.9 Å². The monoisotopic (exact) mass is 674 g/mol. The molecule has 4 rings (SSSR count). The van der Waals surface area contributed by atoms with E-state index in [4.69, 9.17) is 23.7 Å². The van der Waals surface area contributed by atoms with Gasteiger partial charge in [0, 0.05) is 31.1 Å². The Kier molecular flexibility index (Phi) is 14.3. The molecule has 6 bridgehead atoms. The summed E-state index contributed by atoms with van der Waals surface area (Å²) in [7, 11) is 0. The highest BCUT2D eigenvalue weighted by molar-refractivity contribution is 5.70. The average Bonchev–Trinajstić information content (AvgIpc) is 3.00. The van der Waals surface area contributed by atoms with E-state index in [0.29, 0.717) is 38.5 Å². The smallest absolute Gasteiger partial charge is 0.306 e. The molecule has 3 saturated heterocycles. The maximum Gasteiger partial charge on any atom is 0.306 e. The normalized spacial score (nSPS) is 36.4. The molecule has 3 fully saturated rings. The van der Waals surface area contributed by atoms with Crippen molar-refractivity contribution < 1.29 is 43.5 Å². The van der Waals surface area contributed by atoms with Gasteiger partial charge in [-0.05, 0) is 64.7 Å². The molecule has 0 radical (unpaired) electrons. The summed E-state index contributed by atoms with van der Waals surface area (Å²) in [6, 6.07) is 0. The number of hydrogen-bond donors (Lipinski definition) is 2. The quantitative estimate of drug-likeness (QED) is 0.157. The van der Waals surface area contributed by atoms with E-state index in [2.05, 4.69) is 20.1 Å². The summed E-state index contributed by atoms with van der Waals surface area (Å²) in [6.07, 6.45) is 11.9. The molecule has 9 atom stereocenters. The van der Waals surface area contributed by atoms with Crippen LogP contribution in [0.1, 0.15) is 137 Å². The topological polar surface area (TPSA) is 121 Å². The maximum absolute atomic E-state index is 13.0. The van der Waals surface area contributed by atoms with Gasteiger partial charge in [0.2, 0.25) is 5.79 Å². The number of fused-ring (bicyclic) bond motifs is 6. The minimum atomic E-state index is -1.88. The second-order valence-electron chi connectivity index (χ2n) is 15.4. The SMILES string of the molecule is C=C1C[C@H]2CCCC(=O)O[C@@H]([C@@H](C)O)C[C@@H]3CC[C@@H](OC(=O)CCCCCCC)[C@@](O)(O3)C(C)(C)/C=C/[C@H]3CC(=C)C[C@@H](C[C@@H](C1)O2)O3. The van der Waals surface area contributed by atoms with E-state index >= 15 is 0 Å². The zero-order valence-electron chi connectivity index (χ0n) is 30.0. The van der Waals surface area contributed by atoms with E-state index in [-0.39, 0.29) is 55.6 Å². The van der Waals surface area contributed by atoms with Gasteiger partial charge in [-0.1, -0.05) is 82.9 Å². The van der Waals surface area contributed by atoms with Crippen molar-refractivity contribution in [2.75, 3.05) is 0 Å². The zero-order valence-corrected chi connectivity index (χ0v) is 30.0. The summed E-state index contributed by atoms with van der Waals surface area (Å²) >= 11 is 0. The Hall–Kier alpha value is -2.04. The maximum atomic E-state index is 13.0. The van der Waals surface area contributed by atoms with Gasteiger partial charge in [0.1, 0.15) is 6.10 Å². The Morgan fingerprint density at radius 2 is 1.65 bits per heavy atom. The Morgan fingerprint density at radius 3 is 2.38 bits per heavy atom. The van der Waals surface area contributed by atoms with Crippen molar-refractivity contribution in [3.8, 4) is 0 Å². The predicted molar refractivity (Wildman–Crippen MR) is 184 cm³/mol. The van der Waals surface area contributed by atoms with Gasteiger partial charge in [0.05, 0.1) is 36.6 Å². The van der Waals surface area contributed by atoms with Crippen LogP contribution in [0.2, 0.25) is 0 Å². The Labute approximate surface area is 288 Å². The fourth-order valence-electron chi connectivity index (χ4n) is 7.64. The van der Waals surface area contributed by atoms with Crippen LogP contribution in [-0.4, -0.2) is 76.8 Å². The van der Waals surface area contributed by atoms with E-state index in [9.17, 15) is 19.8 Å². The first-order valence-electron chi connectivity index (χ1n) is 18.6. The van der Waals surface area contributed by atoms with Gasteiger partial charge in [-0.15, -0.1) is 0 Å². The molecule has 4 aliphatic rings. The molecular weight excluding hydrogens is 612 g/mol. The number of aliphatic hydroxyl groups is 2. The number of ether oxygens (including phenoxy) is 5. The van der Waals surface area contributed by atoms with Gasteiger partial charge < -0.3 is 33.9 Å². The van der Waals surface area contributed by atoms with Crippen molar-refractivity contribution in [2.45, 2.75) is 191 Å². The number of cyclic esters (lactones) is 1. The van der Waals surface area contributed by atoms with Gasteiger partial charge in [0.25, 0.3) is 0 Å². The number of carbonyl (C=O) groups excluding carboxylic acids is 2. The number of hydrogen-bond acceptors (Lipinski definition) is 9. The predicted octanol–water partition coefficient (Wildman–Crippen LogP) is 7.17. The van der Waals surface area contributed by atoms with Crippen LogP contribution in [0.3, 0.4) is 0 Å². The summed E-state index contributed by atoms with van der Waals surface area (Å²) in [5.41, 5.74) is 1.24.